The van der Waals surface area contributed by atoms with E-state index in [1.807, 2.05) is 0 Å². The van der Waals surface area contributed by atoms with E-state index in [1.165, 1.54) is 24.3 Å². The zero-order valence-corrected chi connectivity index (χ0v) is 12.1. The van der Waals surface area contributed by atoms with Gasteiger partial charge in [0.15, 0.2) is 9.84 Å². The number of sulfone groups is 1. The number of nitrogen functional groups attached to an aromatic ring is 2. The lowest BCUT2D eigenvalue weighted by molar-refractivity contribution is 0.102. The average Bonchev–Trinajstić information content (AvgIpc) is 2.37. The van der Waals surface area contributed by atoms with Crippen LogP contribution in [0.2, 0.25) is 0 Å². The highest BCUT2D eigenvalue weighted by Crippen LogP contribution is 2.23. The van der Waals surface area contributed by atoms with Crippen LogP contribution in [0.3, 0.4) is 0 Å². The molecule has 0 saturated carbocycles. The van der Waals surface area contributed by atoms with E-state index in [0.717, 1.165) is 6.26 Å². The largest absolute Gasteiger partial charge is 0.399 e. The van der Waals surface area contributed by atoms with Crippen LogP contribution in [0, 0.1) is 0 Å². The smallest absolute Gasteiger partial charge is 0.257 e. The van der Waals surface area contributed by atoms with E-state index < -0.39 is 15.7 Å². The molecule has 0 saturated heterocycles. The molecule has 110 valence electrons. The van der Waals surface area contributed by atoms with Crippen LogP contribution < -0.4 is 16.8 Å². The van der Waals surface area contributed by atoms with E-state index in [1.54, 1.807) is 18.2 Å². The van der Waals surface area contributed by atoms with Crippen molar-refractivity contribution < 1.29 is 13.2 Å². The quantitative estimate of drug-likeness (QED) is 0.743. The summed E-state index contributed by atoms with van der Waals surface area (Å²) in [6.07, 6.45) is 1.08. The number of carbonyl (C=O) groups is 1. The molecule has 0 radical (unpaired) electrons. The maximum atomic E-state index is 12.2. The molecule has 0 fully saturated rings. The molecular weight excluding hydrogens is 290 g/mol. The lowest BCUT2D eigenvalue weighted by atomic mass is 10.1. The molecule has 6 nitrogen and oxygen atoms in total. The number of rotatable bonds is 3. The van der Waals surface area contributed by atoms with Gasteiger partial charge in [0.2, 0.25) is 0 Å². The molecule has 0 spiro atoms. The van der Waals surface area contributed by atoms with Crippen molar-refractivity contribution in [3.05, 3.63) is 48.0 Å². The Hall–Kier alpha value is -2.54. The van der Waals surface area contributed by atoms with Gasteiger partial charge in [-0.3, -0.25) is 4.79 Å². The van der Waals surface area contributed by atoms with Gasteiger partial charge in [-0.2, -0.15) is 0 Å². The molecule has 1 amide bonds. The average molecular weight is 305 g/mol. The summed E-state index contributed by atoms with van der Waals surface area (Å²) in [7, 11) is -3.44. The minimum atomic E-state index is -3.44. The fourth-order valence-corrected chi connectivity index (χ4v) is 2.72. The summed E-state index contributed by atoms with van der Waals surface area (Å²) in [4.78, 5) is 12.2. The van der Waals surface area contributed by atoms with Gasteiger partial charge in [-0.15, -0.1) is 0 Å². The molecule has 0 heterocycles. The summed E-state index contributed by atoms with van der Waals surface area (Å²) < 4.78 is 23.4. The van der Waals surface area contributed by atoms with Gasteiger partial charge in [-0.25, -0.2) is 8.42 Å². The van der Waals surface area contributed by atoms with E-state index in [-0.39, 0.29) is 21.8 Å². The molecule has 21 heavy (non-hydrogen) atoms. The second-order valence-corrected chi connectivity index (χ2v) is 6.55. The summed E-state index contributed by atoms with van der Waals surface area (Å²) in [6, 6.07) is 10.7. The summed E-state index contributed by atoms with van der Waals surface area (Å²) in [5.41, 5.74) is 12.4. The molecule has 0 aliphatic heterocycles. The standard InChI is InChI=1S/C14H15N3O3S/c1-21(19,20)13-5-3-2-4-12(13)17-14(18)10-7-6-9(15)8-11(10)16/h2-8H,15-16H2,1H3,(H,17,18). The number of anilines is 3. The van der Waals surface area contributed by atoms with Crippen LogP contribution in [0.4, 0.5) is 17.1 Å². The third kappa shape index (κ3) is 3.32. The molecule has 0 unspecified atom stereocenters. The monoisotopic (exact) mass is 305 g/mol. The second kappa shape index (κ2) is 5.45. The highest BCUT2D eigenvalue weighted by Gasteiger charge is 2.16. The predicted molar refractivity (Wildman–Crippen MR) is 82.8 cm³/mol. The van der Waals surface area contributed by atoms with Gasteiger partial charge in [-0.05, 0) is 30.3 Å². The van der Waals surface area contributed by atoms with E-state index in [9.17, 15) is 13.2 Å². The molecule has 2 aromatic carbocycles. The Morgan fingerprint density at radius 2 is 1.76 bits per heavy atom. The summed E-state index contributed by atoms with van der Waals surface area (Å²) in [5, 5.41) is 2.55. The Balaban J connectivity index is 2.37. The van der Waals surface area contributed by atoms with Crippen LogP contribution in [0.15, 0.2) is 47.4 Å². The summed E-state index contributed by atoms with van der Waals surface area (Å²) in [6.45, 7) is 0. The number of carbonyl (C=O) groups excluding carboxylic acids is 1. The number of hydrogen-bond donors (Lipinski definition) is 3. The third-order valence-corrected chi connectivity index (χ3v) is 4.01. The lowest BCUT2D eigenvalue weighted by Crippen LogP contribution is -2.16. The molecule has 2 rings (SSSR count). The van der Waals surface area contributed by atoms with E-state index in [4.69, 9.17) is 11.5 Å². The number of hydrogen-bond acceptors (Lipinski definition) is 5. The molecule has 7 heteroatoms. The predicted octanol–water partition coefficient (Wildman–Crippen LogP) is 1.51. The maximum Gasteiger partial charge on any atom is 0.257 e. The van der Waals surface area contributed by atoms with Crippen molar-refractivity contribution >= 4 is 32.8 Å². The topological polar surface area (TPSA) is 115 Å². The Morgan fingerprint density at radius 3 is 2.38 bits per heavy atom. The first-order chi connectivity index (χ1) is 9.79. The van der Waals surface area contributed by atoms with Crippen molar-refractivity contribution in [3.63, 3.8) is 0 Å². The molecule has 0 aliphatic rings. The zero-order valence-electron chi connectivity index (χ0n) is 11.3. The Kier molecular flexibility index (Phi) is 3.86. The van der Waals surface area contributed by atoms with Crippen molar-refractivity contribution in [3.8, 4) is 0 Å². The van der Waals surface area contributed by atoms with Crippen molar-refractivity contribution in [2.75, 3.05) is 23.0 Å². The molecular formula is C14H15N3O3S. The molecule has 0 atom stereocenters. The van der Waals surface area contributed by atoms with Crippen LogP contribution in [-0.2, 0) is 9.84 Å². The molecule has 0 aromatic heterocycles. The van der Waals surface area contributed by atoms with Gasteiger partial charge in [0.05, 0.1) is 16.1 Å². The lowest BCUT2D eigenvalue weighted by Gasteiger charge is -2.11. The van der Waals surface area contributed by atoms with E-state index in [2.05, 4.69) is 5.32 Å². The highest BCUT2D eigenvalue weighted by molar-refractivity contribution is 7.90. The van der Waals surface area contributed by atoms with Gasteiger partial charge in [0.1, 0.15) is 0 Å². The number of amides is 1. The van der Waals surface area contributed by atoms with Crippen molar-refractivity contribution in [1.29, 1.82) is 0 Å². The van der Waals surface area contributed by atoms with Crippen molar-refractivity contribution in [2.45, 2.75) is 4.90 Å². The molecule has 2 aromatic rings. The minimum absolute atomic E-state index is 0.0485. The number of nitrogens with two attached hydrogens (primary N) is 2. The summed E-state index contributed by atoms with van der Waals surface area (Å²) in [5.74, 6) is -0.497. The normalized spacial score (nSPS) is 11.1. The highest BCUT2D eigenvalue weighted by atomic mass is 32.2. The van der Waals surface area contributed by atoms with Crippen molar-refractivity contribution in [1.82, 2.24) is 0 Å². The fraction of sp³-hybridized carbons (Fsp3) is 0.0714. The SMILES string of the molecule is CS(=O)(=O)c1ccccc1NC(=O)c1ccc(N)cc1N. The maximum absolute atomic E-state index is 12.2. The number of para-hydroxylation sites is 1. The Morgan fingerprint density at radius 1 is 1.10 bits per heavy atom. The van der Waals surface area contributed by atoms with Gasteiger partial charge in [-0.1, -0.05) is 12.1 Å². The fourth-order valence-electron chi connectivity index (χ4n) is 1.87. The zero-order chi connectivity index (χ0) is 15.6. The van der Waals surface area contributed by atoms with E-state index >= 15 is 0 Å². The molecule has 5 N–H and O–H groups in total. The third-order valence-electron chi connectivity index (χ3n) is 2.85. The van der Waals surface area contributed by atoms with Gasteiger partial charge in [0.25, 0.3) is 5.91 Å². The van der Waals surface area contributed by atoms with Crippen LogP contribution >= 0.6 is 0 Å². The minimum Gasteiger partial charge on any atom is -0.399 e. The number of benzene rings is 2. The van der Waals surface area contributed by atoms with Crippen LogP contribution in [0.5, 0.6) is 0 Å². The second-order valence-electron chi connectivity index (χ2n) is 4.57. The van der Waals surface area contributed by atoms with Gasteiger partial charge < -0.3 is 16.8 Å². The van der Waals surface area contributed by atoms with Crippen LogP contribution in [-0.4, -0.2) is 20.6 Å². The van der Waals surface area contributed by atoms with E-state index in [0.29, 0.717) is 5.69 Å². The molecule has 0 aliphatic carbocycles. The van der Waals surface area contributed by atoms with Crippen molar-refractivity contribution in [2.24, 2.45) is 0 Å². The van der Waals surface area contributed by atoms with Crippen LogP contribution in [0.25, 0.3) is 0 Å². The first-order valence-corrected chi connectivity index (χ1v) is 7.93. The first-order valence-electron chi connectivity index (χ1n) is 6.04. The molecule has 0 bridgehead atoms. The Labute approximate surface area is 122 Å². The van der Waals surface area contributed by atoms with Gasteiger partial charge >= 0.3 is 0 Å². The first kappa shape index (κ1) is 14.9. The van der Waals surface area contributed by atoms with Gasteiger partial charge in [0, 0.05) is 17.6 Å². The van der Waals surface area contributed by atoms with Crippen LogP contribution in [0.1, 0.15) is 10.4 Å². The Bertz CT molecular complexity index is 801. The summed E-state index contributed by atoms with van der Waals surface area (Å²) >= 11 is 0. The number of nitrogens with one attached hydrogen (secondary N) is 1.